The van der Waals surface area contributed by atoms with Crippen LogP contribution in [-0.4, -0.2) is 4.21 Å². The van der Waals surface area contributed by atoms with Gasteiger partial charge in [-0.05, 0) is 35.9 Å². The zero-order chi connectivity index (χ0) is 14.0. The number of anilines is 1. The van der Waals surface area contributed by atoms with Crippen LogP contribution in [-0.2, 0) is 16.6 Å². The highest BCUT2D eigenvalue weighted by Gasteiger charge is 2.09. The van der Waals surface area contributed by atoms with Crippen molar-refractivity contribution < 1.29 is 17.4 Å². The lowest BCUT2D eigenvalue weighted by molar-refractivity contribution is 0.581. The molecule has 0 amide bonds. The van der Waals surface area contributed by atoms with Crippen LogP contribution < -0.4 is 5.73 Å². The van der Waals surface area contributed by atoms with E-state index in [2.05, 4.69) is 0 Å². The zero-order valence-corrected chi connectivity index (χ0v) is 10.5. The summed E-state index contributed by atoms with van der Waals surface area (Å²) in [7, 11) is -1.60. The molecule has 0 aliphatic heterocycles. The van der Waals surface area contributed by atoms with Crippen LogP contribution in [0.4, 0.5) is 18.9 Å². The summed E-state index contributed by atoms with van der Waals surface area (Å²) < 4.78 is 51.2. The fraction of sp³-hybridized carbons (Fsp3) is 0.0769. The van der Waals surface area contributed by atoms with Crippen molar-refractivity contribution in [3.8, 4) is 0 Å². The van der Waals surface area contributed by atoms with Gasteiger partial charge in [0.2, 0.25) is 0 Å². The Morgan fingerprint density at radius 2 is 1.63 bits per heavy atom. The lowest BCUT2D eigenvalue weighted by atomic mass is 10.2. The summed E-state index contributed by atoms with van der Waals surface area (Å²) in [4.78, 5) is 0.219. The molecule has 0 bridgehead atoms. The molecule has 0 aliphatic carbocycles. The molecule has 0 radical (unpaired) electrons. The first-order chi connectivity index (χ1) is 8.95. The van der Waals surface area contributed by atoms with Gasteiger partial charge in [0.15, 0.2) is 0 Å². The summed E-state index contributed by atoms with van der Waals surface area (Å²) in [5.41, 5.74) is 5.51. The van der Waals surface area contributed by atoms with Crippen LogP contribution in [0.2, 0.25) is 0 Å². The number of halogens is 3. The molecule has 100 valence electrons. The SMILES string of the molecule is Nc1ccc(S(=O)Cc2cc(F)cc(F)c2)cc1F. The van der Waals surface area contributed by atoms with E-state index in [1.165, 1.54) is 12.1 Å². The van der Waals surface area contributed by atoms with Crippen LogP contribution >= 0.6 is 0 Å². The Balaban J connectivity index is 2.22. The van der Waals surface area contributed by atoms with Crippen LogP contribution in [0.1, 0.15) is 5.56 Å². The van der Waals surface area contributed by atoms with Crippen molar-refractivity contribution in [2.24, 2.45) is 0 Å². The molecular weight excluding hydrogens is 275 g/mol. The average molecular weight is 285 g/mol. The van der Waals surface area contributed by atoms with E-state index in [0.29, 0.717) is 0 Å². The monoisotopic (exact) mass is 285 g/mol. The molecular formula is C13H10F3NOS. The summed E-state index contributed by atoms with van der Waals surface area (Å²) in [5.74, 6) is -2.25. The van der Waals surface area contributed by atoms with Gasteiger partial charge in [-0.3, -0.25) is 4.21 Å². The maximum absolute atomic E-state index is 13.2. The third-order valence-electron chi connectivity index (χ3n) is 2.45. The van der Waals surface area contributed by atoms with Gasteiger partial charge in [-0.1, -0.05) is 0 Å². The van der Waals surface area contributed by atoms with Gasteiger partial charge < -0.3 is 5.73 Å². The van der Waals surface area contributed by atoms with Crippen molar-refractivity contribution in [2.45, 2.75) is 10.6 Å². The topological polar surface area (TPSA) is 43.1 Å². The van der Waals surface area contributed by atoms with E-state index in [1.807, 2.05) is 0 Å². The Labute approximate surface area is 110 Å². The van der Waals surface area contributed by atoms with E-state index >= 15 is 0 Å². The average Bonchev–Trinajstić information content (AvgIpc) is 2.31. The fourth-order valence-corrected chi connectivity index (χ4v) is 2.67. The minimum atomic E-state index is -1.60. The maximum atomic E-state index is 13.2. The van der Waals surface area contributed by atoms with Gasteiger partial charge in [-0.2, -0.15) is 0 Å². The second kappa shape index (κ2) is 5.44. The van der Waals surface area contributed by atoms with Crippen molar-refractivity contribution in [2.75, 3.05) is 5.73 Å². The van der Waals surface area contributed by atoms with Crippen LogP contribution in [0.3, 0.4) is 0 Å². The molecule has 6 heteroatoms. The molecule has 2 nitrogen and oxygen atoms in total. The predicted octanol–water partition coefficient (Wildman–Crippen LogP) is 2.99. The molecule has 0 saturated carbocycles. The zero-order valence-electron chi connectivity index (χ0n) is 9.70. The second-order valence-corrected chi connectivity index (χ2v) is 5.40. The van der Waals surface area contributed by atoms with Gasteiger partial charge in [0.1, 0.15) is 17.5 Å². The predicted molar refractivity (Wildman–Crippen MR) is 67.3 cm³/mol. The lowest BCUT2D eigenvalue weighted by Gasteiger charge is -2.05. The lowest BCUT2D eigenvalue weighted by Crippen LogP contribution is -2.00. The molecule has 2 rings (SSSR count). The second-order valence-electron chi connectivity index (χ2n) is 3.95. The van der Waals surface area contributed by atoms with Crippen molar-refractivity contribution in [3.05, 3.63) is 59.4 Å². The van der Waals surface area contributed by atoms with Crippen molar-refractivity contribution in [1.82, 2.24) is 0 Å². The minimum Gasteiger partial charge on any atom is -0.396 e. The van der Waals surface area contributed by atoms with Gasteiger partial charge in [-0.25, -0.2) is 13.2 Å². The van der Waals surface area contributed by atoms with E-state index in [9.17, 15) is 17.4 Å². The number of nitrogens with two attached hydrogens (primary N) is 1. The molecule has 2 aromatic rings. The van der Waals surface area contributed by atoms with Gasteiger partial charge >= 0.3 is 0 Å². The molecule has 19 heavy (non-hydrogen) atoms. The fourth-order valence-electron chi connectivity index (χ4n) is 1.58. The van der Waals surface area contributed by atoms with Crippen LogP contribution in [0.5, 0.6) is 0 Å². The van der Waals surface area contributed by atoms with E-state index < -0.39 is 28.3 Å². The van der Waals surface area contributed by atoms with Gasteiger partial charge in [0.05, 0.1) is 22.2 Å². The molecule has 0 saturated heterocycles. The first kappa shape index (κ1) is 13.6. The third kappa shape index (κ3) is 3.35. The number of benzene rings is 2. The number of nitrogen functional groups attached to an aromatic ring is 1. The van der Waals surface area contributed by atoms with E-state index in [1.54, 1.807) is 0 Å². The Hall–Kier alpha value is -1.82. The first-order valence-corrected chi connectivity index (χ1v) is 6.66. The third-order valence-corrected chi connectivity index (χ3v) is 3.83. The summed E-state index contributed by atoms with van der Waals surface area (Å²) in [6.45, 7) is 0. The summed E-state index contributed by atoms with van der Waals surface area (Å²) >= 11 is 0. The smallest absolute Gasteiger partial charge is 0.147 e. The Morgan fingerprint density at radius 3 is 2.21 bits per heavy atom. The van der Waals surface area contributed by atoms with Crippen LogP contribution in [0.15, 0.2) is 41.3 Å². The van der Waals surface area contributed by atoms with Crippen molar-refractivity contribution in [3.63, 3.8) is 0 Å². The van der Waals surface area contributed by atoms with Crippen molar-refractivity contribution >= 4 is 16.5 Å². The highest BCUT2D eigenvalue weighted by molar-refractivity contribution is 7.84. The van der Waals surface area contributed by atoms with E-state index in [4.69, 9.17) is 5.73 Å². The van der Waals surface area contributed by atoms with Gasteiger partial charge in [-0.15, -0.1) is 0 Å². The first-order valence-electron chi connectivity index (χ1n) is 5.34. The summed E-state index contributed by atoms with van der Waals surface area (Å²) in [5, 5.41) is 0. The highest BCUT2D eigenvalue weighted by Crippen LogP contribution is 2.18. The number of hydrogen-bond acceptors (Lipinski definition) is 2. The number of rotatable bonds is 3. The van der Waals surface area contributed by atoms with Crippen LogP contribution in [0, 0.1) is 17.5 Å². The molecule has 0 spiro atoms. The summed E-state index contributed by atoms with van der Waals surface area (Å²) in [6.07, 6.45) is 0. The Morgan fingerprint density at radius 1 is 1.00 bits per heavy atom. The molecule has 2 N–H and O–H groups in total. The summed E-state index contributed by atoms with van der Waals surface area (Å²) in [6, 6.07) is 6.69. The molecule has 0 fully saturated rings. The molecule has 0 heterocycles. The quantitative estimate of drug-likeness (QED) is 0.881. The van der Waals surface area contributed by atoms with Gasteiger partial charge in [0.25, 0.3) is 0 Å². The Kier molecular flexibility index (Phi) is 3.90. The molecule has 0 aliphatic rings. The molecule has 1 atom stereocenters. The standard InChI is InChI=1S/C13H10F3NOS/c14-9-3-8(4-10(15)5-9)7-19(18)11-1-2-13(17)12(16)6-11/h1-6H,7,17H2. The highest BCUT2D eigenvalue weighted by atomic mass is 32.2. The van der Waals surface area contributed by atoms with Gasteiger partial charge in [0, 0.05) is 11.0 Å². The normalized spacial score (nSPS) is 12.4. The van der Waals surface area contributed by atoms with Crippen molar-refractivity contribution in [1.29, 1.82) is 0 Å². The number of hydrogen-bond donors (Lipinski definition) is 1. The molecule has 1 unspecified atom stereocenters. The maximum Gasteiger partial charge on any atom is 0.147 e. The molecule has 0 aromatic heterocycles. The van der Waals surface area contributed by atoms with E-state index in [-0.39, 0.29) is 21.9 Å². The minimum absolute atomic E-state index is 0.0439. The largest absolute Gasteiger partial charge is 0.396 e. The van der Waals surface area contributed by atoms with E-state index in [0.717, 1.165) is 24.3 Å². The van der Waals surface area contributed by atoms with Crippen LogP contribution in [0.25, 0.3) is 0 Å². The molecule has 2 aromatic carbocycles. The Bertz CT molecular complexity index is 626.